The van der Waals surface area contributed by atoms with Crippen LogP contribution in [0.3, 0.4) is 0 Å². The molecule has 0 radical (unpaired) electrons. The Balaban J connectivity index is 0. The van der Waals surface area contributed by atoms with Crippen LogP contribution in [0.5, 0.6) is 0 Å². The van der Waals surface area contributed by atoms with Crippen molar-refractivity contribution in [3.63, 3.8) is 0 Å². The quantitative estimate of drug-likeness (QED) is 0.262. The first kappa shape index (κ1) is 38.5. The third-order valence-corrected chi connectivity index (χ3v) is 6.46. The fraction of sp³-hybridized carbons (Fsp3) is 0.385. The Hall–Kier alpha value is -3.68. The fourth-order valence-corrected chi connectivity index (χ4v) is 4.23. The van der Waals surface area contributed by atoms with Gasteiger partial charge in [-0.05, 0) is 79.5 Å². The molecule has 3 rings (SSSR count). The van der Waals surface area contributed by atoms with Crippen molar-refractivity contribution in [3.05, 3.63) is 106 Å². The lowest BCUT2D eigenvalue weighted by atomic mass is 9.86. The number of nitrogens with zero attached hydrogens (tertiary/aromatic N) is 1. The van der Waals surface area contributed by atoms with Crippen LogP contribution in [0, 0.1) is 32.1 Å². The van der Waals surface area contributed by atoms with Crippen molar-refractivity contribution in [1.82, 2.24) is 0 Å². The molecule has 0 bridgehead atoms. The molecule has 2 aromatic rings. The monoisotopic (exact) mass is 537 g/mol. The van der Waals surface area contributed by atoms with Crippen LogP contribution >= 0.6 is 0 Å². The Morgan fingerprint density at radius 3 is 1.98 bits per heavy atom. The molecule has 1 aliphatic carbocycles. The number of allylic oxidation sites excluding steroid dienone is 8. The number of terminal acetylenes is 2. The third-order valence-electron chi connectivity index (χ3n) is 6.46. The number of benzene rings is 2. The van der Waals surface area contributed by atoms with Gasteiger partial charge >= 0.3 is 0 Å². The molecule has 0 heterocycles. The molecule has 1 aliphatic rings. The molecule has 0 amide bonds. The van der Waals surface area contributed by atoms with Crippen LogP contribution in [0.1, 0.15) is 98.8 Å². The molecule has 216 valence electrons. The summed E-state index contributed by atoms with van der Waals surface area (Å²) < 4.78 is 0. The van der Waals surface area contributed by atoms with Crippen LogP contribution in [-0.4, -0.2) is 7.05 Å². The molecular weight excluding hydrogens is 482 g/mol. The number of fused-ring (bicyclic) bond motifs is 1. The summed E-state index contributed by atoms with van der Waals surface area (Å²) in [6.45, 7) is 23.1. The van der Waals surface area contributed by atoms with E-state index in [0.29, 0.717) is 0 Å². The topological polar surface area (TPSA) is 3.24 Å². The summed E-state index contributed by atoms with van der Waals surface area (Å²) in [5.74, 6) is 2.83. The van der Waals surface area contributed by atoms with E-state index >= 15 is 0 Å². The smallest absolute Gasteiger partial charge is 0.0881 e. The second-order valence-corrected chi connectivity index (χ2v) is 9.40. The molecule has 0 aromatic heterocycles. The molecule has 0 aliphatic heterocycles. The Morgan fingerprint density at radius 1 is 0.875 bits per heavy atom. The number of hydrogen-bond acceptors (Lipinski definition) is 1. The summed E-state index contributed by atoms with van der Waals surface area (Å²) in [5.41, 5.74) is 10.3. The number of anilines is 1. The minimum absolute atomic E-state index is 0.203. The van der Waals surface area contributed by atoms with E-state index in [4.69, 9.17) is 6.42 Å². The van der Waals surface area contributed by atoms with Gasteiger partial charge in [0.15, 0.2) is 0 Å². The van der Waals surface area contributed by atoms with Crippen molar-refractivity contribution in [2.24, 2.45) is 0 Å². The van der Waals surface area contributed by atoms with Gasteiger partial charge in [-0.2, -0.15) is 0 Å². The van der Waals surface area contributed by atoms with Crippen molar-refractivity contribution in [2.45, 2.75) is 94.4 Å². The largest absolute Gasteiger partial charge is 0.338 e. The zero-order valence-electron chi connectivity index (χ0n) is 27.5. The molecule has 40 heavy (non-hydrogen) atoms. The van der Waals surface area contributed by atoms with E-state index in [1.807, 2.05) is 48.6 Å². The summed E-state index contributed by atoms with van der Waals surface area (Å²) in [5, 5.41) is 0. The highest BCUT2D eigenvalue weighted by Gasteiger charge is 2.32. The van der Waals surface area contributed by atoms with Crippen molar-refractivity contribution in [3.8, 4) is 25.2 Å². The highest BCUT2D eigenvalue weighted by Crippen LogP contribution is 2.45. The maximum atomic E-state index is 5.80. The highest BCUT2D eigenvalue weighted by molar-refractivity contribution is 5.76. The SMILES string of the molecule is C#C.C#C/C(=C\C/C=C(C)/C(C)=C/C=C1\CC(C)(C)c2ccccc21)N(C)c1ccc(C)cc1.CC.CC.CC. The Morgan fingerprint density at radius 2 is 1.43 bits per heavy atom. The summed E-state index contributed by atoms with van der Waals surface area (Å²) in [7, 11) is 2.02. The molecule has 0 spiro atoms. The second kappa shape index (κ2) is 21.2. The first-order valence-corrected chi connectivity index (χ1v) is 14.7. The zero-order chi connectivity index (χ0) is 31.3. The molecule has 1 nitrogen and oxygen atoms in total. The molecule has 0 atom stereocenters. The van der Waals surface area contributed by atoms with Gasteiger partial charge in [0, 0.05) is 12.7 Å². The van der Waals surface area contributed by atoms with Crippen LogP contribution in [0.25, 0.3) is 5.57 Å². The summed E-state index contributed by atoms with van der Waals surface area (Å²) >= 11 is 0. The van der Waals surface area contributed by atoms with Crippen LogP contribution in [0.4, 0.5) is 5.69 Å². The van der Waals surface area contributed by atoms with Crippen LogP contribution in [0.15, 0.2) is 89.7 Å². The number of hydrogen-bond donors (Lipinski definition) is 0. The van der Waals surface area contributed by atoms with E-state index in [1.165, 1.54) is 33.4 Å². The van der Waals surface area contributed by atoms with Crippen LogP contribution in [-0.2, 0) is 5.41 Å². The van der Waals surface area contributed by atoms with Gasteiger partial charge in [-0.1, -0.05) is 127 Å². The van der Waals surface area contributed by atoms with Crippen molar-refractivity contribution >= 4 is 11.3 Å². The summed E-state index contributed by atoms with van der Waals surface area (Å²) in [4.78, 5) is 2.06. The Kier molecular flexibility index (Phi) is 20.4. The minimum atomic E-state index is 0.203. The van der Waals surface area contributed by atoms with Gasteiger partial charge in [0.1, 0.15) is 0 Å². The fourth-order valence-electron chi connectivity index (χ4n) is 4.23. The van der Waals surface area contributed by atoms with Gasteiger partial charge in [-0.3, -0.25) is 0 Å². The number of aryl methyl sites for hydroxylation is 1. The Labute approximate surface area is 248 Å². The second-order valence-electron chi connectivity index (χ2n) is 9.40. The van der Waals surface area contributed by atoms with E-state index in [1.54, 1.807) is 0 Å². The molecule has 0 saturated carbocycles. The number of rotatable bonds is 6. The van der Waals surface area contributed by atoms with E-state index < -0.39 is 0 Å². The molecule has 0 unspecified atom stereocenters. The van der Waals surface area contributed by atoms with Gasteiger partial charge < -0.3 is 4.90 Å². The highest BCUT2D eigenvalue weighted by atomic mass is 15.1. The maximum Gasteiger partial charge on any atom is 0.0881 e. The van der Waals surface area contributed by atoms with Gasteiger partial charge in [-0.25, -0.2) is 0 Å². The van der Waals surface area contributed by atoms with E-state index in [0.717, 1.165) is 24.2 Å². The van der Waals surface area contributed by atoms with Crippen molar-refractivity contribution in [2.75, 3.05) is 11.9 Å². The molecular formula is C39H55N. The average Bonchev–Trinajstić information content (AvgIpc) is 3.27. The first-order valence-electron chi connectivity index (χ1n) is 14.7. The third kappa shape index (κ3) is 11.6. The summed E-state index contributed by atoms with van der Waals surface area (Å²) in [6, 6.07) is 17.2. The maximum absolute atomic E-state index is 5.80. The molecule has 0 fully saturated rings. The lowest BCUT2D eigenvalue weighted by molar-refractivity contribution is 0.563. The first-order chi connectivity index (χ1) is 19.2. The Bertz CT molecular complexity index is 1170. The van der Waals surface area contributed by atoms with Gasteiger partial charge in [0.05, 0.1) is 5.70 Å². The van der Waals surface area contributed by atoms with Gasteiger partial charge in [0.2, 0.25) is 0 Å². The van der Waals surface area contributed by atoms with Crippen LogP contribution in [0.2, 0.25) is 0 Å². The summed E-state index contributed by atoms with van der Waals surface area (Å²) in [6.07, 6.45) is 24.6. The molecule has 1 heteroatoms. The van der Waals surface area contributed by atoms with Crippen molar-refractivity contribution < 1.29 is 0 Å². The molecule has 0 saturated heterocycles. The van der Waals surface area contributed by atoms with Gasteiger partial charge in [-0.15, -0.1) is 19.3 Å². The van der Waals surface area contributed by atoms with Crippen molar-refractivity contribution in [1.29, 1.82) is 0 Å². The average molecular weight is 538 g/mol. The predicted molar refractivity (Wildman–Crippen MR) is 185 cm³/mol. The van der Waals surface area contributed by atoms with E-state index in [9.17, 15) is 0 Å². The zero-order valence-corrected chi connectivity index (χ0v) is 27.5. The normalized spacial score (nSPS) is 14.3. The van der Waals surface area contributed by atoms with Crippen LogP contribution < -0.4 is 4.90 Å². The van der Waals surface area contributed by atoms with E-state index in [-0.39, 0.29) is 5.41 Å². The molecule has 2 aromatic carbocycles. The lowest BCUT2D eigenvalue weighted by Gasteiger charge is -2.19. The predicted octanol–water partition coefficient (Wildman–Crippen LogP) is 11.3. The standard InChI is InChI=1S/C31H35N.3C2H6.C2H2/c1-8-27(32(7)28-20-16-23(2)17-21-28)13-11-12-24(3)25(4)18-19-26-22-31(5,6)30-15-10-9-14-29(26)30;4*1-2/h1,9-10,12-21H,11,22H2,2-7H3;3*1-2H3;1-2H/b24-12+,25-18+,26-19+,27-13+;;;;. The lowest BCUT2D eigenvalue weighted by Crippen LogP contribution is -2.15. The minimum Gasteiger partial charge on any atom is -0.338 e. The van der Waals surface area contributed by atoms with E-state index in [2.05, 4.69) is 131 Å². The van der Waals surface area contributed by atoms with Gasteiger partial charge in [0.25, 0.3) is 0 Å². The molecule has 0 N–H and O–H groups in total.